The van der Waals surface area contributed by atoms with Crippen LogP contribution in [0.25, 0.3) is 0 Å². The van der Waals surface area contributed by atoms with Crippen LogP contribution in [-0.2, 0) is 22.6 Å². The molecule has 1 atom stereocenters. The molecule has 2 aromatic rings. The van der Waals surface area contributed by atoms with Crippen LogP contribution in [0.3, 0.4) is 0 Å². The molecule has 0 bridgehead atoms. The molecule has 2 aromatic carbocycles. The Labute approximate surface area is 172 Å². The number of carbonyl (C=O) groups excluding carboxylic acids is 2. The van der Waals surface area contributed by atoms with Crippen LogP contribution in [0.4, 0.5) is 0 Å². The molecule has 0 aliphatic carbocycles. The monoisotopic (exact) mass is 400 g/mol. The Bertz CT molecular complexity index is 772. The van der Waals surface area contributed by atoms with Crippen molar-refractivity contribution in [1.82, 2.24) is 10.2 Å². The fraction of sp³-hybridized carbons (Fsp3) is 0.391. The van der Waals surface area contributed by atoms with Crippen LogP contribution in [0.1, 0.15) is 43.4 Å². The Morgan fingerprint density at radius 2 is 1.64 bits per heavy atom. The molecule has 0 saturated carbocycles. The lowest BCUT2D eigenvalue weighted by Gasteiger charge is -2.29. The third-order valence-corrected chi connectivity index (χ3v) is 4.98. The second kappa shape index (κ2) is 10.9. The van der Waals surface area contributed by atoms with Gasteiger partial charge in [-0.15, -0.1) is 0 Å². The van der Waals surface area contributed by atoms with Crippen molar-refractivity contribution in [2.24, 2.45) is 0 Å². The SMILES string of the molecule is CCCNC(=O)[C@H](C)N(Cc1ccc(Cl)cc1)C(=O)CCc1ccc(C)cc1. The lowest BCUT2D eigenvalue weighted by molar-refractivity contribution is -0.140. The Hall–Kier alpha value is -2.33. The van der Waals surface area contributed by atoms with E-state index in [1.165, 1.54) is 5.56 Å². The molecular weight excluding hydrogens is 372 g/mol. The molecule has 0 aliphatic rings. The second-order valence-electron chi connectivity index (χ2n) is 7.10. The van der Waals surface area contributed by atoms with E-state index >= 15 is 0 Å². The van der Waals surface area contributed by atoms with Crippen LogP contribution in [0.15, 0.2) is 48.5 Å². The van der Waals surface area contributed by atoms with Gasteiger partial charge in [0.05, 0.1) is 0 Å². The van der Waals surface area contributed by atoms with Crippen molar-refractivity contribution in [3.63, 3.8) is 0 Å². The lowest BCUT2D eigenvalue weighted by Crippen LogP contribution is -2.47. The maximum Gasteiger partial charge on any atom is 0.242 e. The van der Waals surface area contributed by atoms with Crippen LogP contribution in [-0.4, -0.2) is 29.3 Å². The van der Waals surface area contributed by atoms with Crippen molar-refractivity contribution in [2.75, 3.05) is 6.54 Å². The molecule has 0 aromatic heterocycles. The summed E-state index contributed by atoms with van der Waals surface area (Å²) in [4.78, 5) is 27.1. The molecule has 0 saturated heterocycles. The van der Waals surface area contributed by atoms with Gasteiger partial charge in [0, 0.05) is 24.5 Å². The van der Waals surface area contributed by atoms with Gasteiger partial charge in [-0.2, -0.15) is 0 Å². The number of nitrogens with zero attached hydrogens (tertiary/aromatic N) is 1. The zero-order chi connectivity index (χ0) is 20.5. The topological polar surface area (TPSA) is 49.4 Å². The summed E-state index contributed by atoms with van der Waals surface area (Å²) in [6.07, 6.45) is 1.87. The minimum atomic E-state index is -0.534. The molecule has 2 rings (SSSR count). The number of halogens is 1. The van der Waals surface area contributed by atoms with Crippen LogP contribution < -0.4 is 5.32 Å². The minimum Gasteiger partial charge on any atom is -0.354 e. The predicted molar refractivity (Wildman–Crippen MR) is 114 cm³/mol. The smallest absolute Gasteiger partial charge is 0.242 e. The van der Waals surface area contributed by atoms with E-state index in [4.69, 9.17) is 11.6 Å². The zero-order valence-electron chi connectivity index (χ0n) is 16.9. The summed E-state index contributed by atoms with van der Waals surface area (Å²) in [6.45, 7) is 6.81. The number of amides is 2. The summed E-state index contributed by atoms with van der Waals surface area (Å²) in [5.41, 5.74) is 3.26. The van der Waals surface area contributed by atoms with Crippen LogP contribution >= 0.6 is 11.6 Å². The number of carbonyl (C=O) groups is 2. The van der Waals surface area contributed by atoms with Crippen molar-refractivity contribution < 1.29 is 9.59 Å². The first-order valence-corrected chi connectivity index (χ1v) is 10.2. The Morgan fingerprint density at radius 3 is 2.25 bits per heavy atom. The molecule has 4 nitrogen and oxygen atoms in total. The highest BCUT2D eigenvalue weighted by atomic mass is 35.5. The van der Waals surface area contributed by atoms with Gasteiger partial charge in [0.25, 0.3) is 0 Å². The third kappa shape index (κ3) is 6.68. The fourth-order valence-electron chi connectivity index (χ4n) is 2.91. The molecule has 2 amide bonds. The highest BCUT2D eigenvalue weighted by Gasteiger charge is 2.25. The molecular formula is C23H29ClN2O2. The average Bonchev–Trinajstić information content (AvgIpc) is 2.70. The highest BCUT2D eigenvalue weighted by Crippen LogP contribution is 2.16. The lowest BCUT2D eigenvalue weighted by atomic mass is 10.1. The van der Waals surface area contributed by atoms with Crippen LogP contribution in [0, 0.1) is 6.92 Å². The van der Waals surface area contributed by atoms with Crippen molar-refractivity contribution >= 4 is 23.4 Å². The number of nitrogens with one attached hydrogen (secondary N) is 1. The maximum atomic E-state index is 13.0. The van der Waals surface area contributed by atoms with Crippen molar-refractivity contribution in [3.05, 3.63) is 70.2 Å². The van der Waals surface area contributed by atoms with E-state index in [2.05, 4.69) is 5.32 Å². The quantitative estimate of drug-likeness (QED) is 0.672. The highest BCUT2D eigenvalue weighted by molar-refractivity contribution is 6.30. The molecule has 1 N–H and O–H groups in total. The Morgan fingerprint density at radius 1 is 1.04 bits per heavy atom. The maximum absolute atomic E-state index is 13.0. The Balaban J connectivity index is 2.10. The average molecular weight is 401 g/mol. The van der Waals surface area contributed by atoms with Crippen molar-refractivity contribution in [2.45, 2.75) is 52.6 Å². The van der Waals surface area contributed by atoms with E-state index < -0.39 is 6.04 Å². The second-order valence-corrected chi connectivity index (χ2v) is 7.54. The van der Waals surface area contributed by atoms with Gasteiger partial charge in [0.1, 0.15) is 6.04 Å². The summed E-state index contributed by atoms with van der Waals surface area (Å²) < 4.78 is 0. The number of rotatable bonds is 9. The van der Waals surface area contributed by atoms with Gasteiger partial charge >= 0.3 is 0 Å². The summed E-state index contributed by atoms with van der Waals surface area (Å²) in [5, 5.41) is 3.54. The van der Waals surface area contributed by atoms with Gasteiger partial charge in [-0.25, -0.2) is 0 Å². The van der Waals surface area contributed by atoms with E-state index in [1.807, 2.05) is 50.2 Å². The number of hydrogen-bond donors (Lipinski definition) is 1. The molecule has 0 heterocycles. The van der Waals surface area contributed by atoms with E-state index in [0.717, 1.165) is 17.5 Å². The van der Waals surface area contributed by atoms with Gasteiger partial charge in [0.15, 0.2) is 0 Å². The molecule has 28 heavy (non-hydrogen) atoms. The summed E-state index contributed by atoms with van der Waals surface area (Å²) in [6, 6.07) is 15.0. The number of hydrogen-bond acceptors (Lipinski definition) is 2. The summed E-state index contributed by atoms with van der Waals surface area (Å²) >= 11 is 5.96. The van der Waals surface area contributed by atoms with Crippen LogP contribution in [0.5, 0.6) is 0 Å². The number of benzene rings is 2. The summed E-state index contributed by atoms with van der Waals surface area (Å²) in [7, 11) is 0. The Kier molecular flexibility index (Phi) is 8.52. The number of aryl methyl sites for hydroxylation is 2. The summed E-state index contributed by atoms with van der Waals surface area (Å²) in [5.74, 6) is -0.158. The van der Waals surface area contributed by atoms with Crippen molar-refractivity contribution in [1.29, 1.82) is 0 Å². The standard InChI is InChI=1S/C23H29ClN2O2/c1-4-15-25-23(28)18(3)26(16-20-9-12-21(24)13-10-20)22(27)14-11-19-7-5-17(2)6-8-19/h5-10,12-13,18H,4,11,14-16H2,1-3H3,(H,25,28)/t18-/m0/s1. The largest absolute Gasteiger partial charge is 0.354 e. The molecule has 0 radical (unpaired) electrons. The molecule has 0 fully saturated rings. The van der Waals surface area contributed by atoms with E-state index in [-0.39, 0.29) is 11.8 Å². The van der Waals surface area contributed by atoms with Crippen molar-refractivity contribution in [3.8, 4) is 0 Å². The van der Waals surface area contributed by atoms with Crippen LogP contribution in [0.2, 0.25) is 5.02 Å². The molecule has 0 spiro atoms. The van der Waals surface area contributed by atoms with Gasteiger partial charge in [-0.1, -0.05) is 60.5 Å². The van der Waals surface area contributed by atoms with Gasteiger partial charge in [-0.05, 0) is 49.9 Å². The first kappa shape index (κ1) is 22.0. The molecule has 0 aliphatic heterocycles. The van der Waals surface area contributed by atoms with Gasteiger partial charge < -0.3 is 10.2 Å². The van der Waals surface area contributed by atoms with Gasteiger partial charge in [0.2, 0.25) is 11.8 Å². The predicted octanol–water partition coefficient (Wildman–Crippen LogP) is 4.52. The van der Waals surface area contributed by atoms with E-state index in [9.17, 15) is 9.59 Å². The first-order chi connectivity index (χ1) is 13.4. The third-order valence-electron chi connectivity index (χ3n) is 4.73. The van der Waals surface area contributed by atoms with Gasteiger partial charge in [-0.3, -0.25) is 9.59 Å². The first-order valence-electron chi connectivity index (χ1n) is 9.78. The minimum absolute atomic E-state index is 0.0327. The fourth-order valence-corrected chi connectivity index (χ4v) is 3.04. The molecule has 5 heteroatoms. The molecule has 150 valence electrons. The normalized spacial score (nSPS) is 11.7. The molecule has 0 unspecified atom stereocenters. The zero-order valence-corrected chi connectivity index (χ0v) is 17.6. The van der Waals surface area contributed by atoms with E-state index in [0.29, 0.717) is 31.0 Å². The van der Waals surface area contributed by atoms with E-state index in [1.54, 1.807) is 24.0 Å².